The predicted molar refractivity (Wildman–Crippen MR) is 227 cm³/mol. The molecule has 11 rings (SSSR count). The Bertz CT molecular complexity index is 3020. The zero-order chi connectivity index (χ0) is 36.3. The highest BCUT2D eigenvalue weighted by Crippen LogP contribution is 2.37. The molecule has 2 aromatic heterocycles. The summed E-state index contributed by atoms with van der Waals surface area (Å²) in [5, 5.41) is 7.58. The molecule has 0 fully saturated rings. The van der Waals surface area contributed by atoms with Crippen LogP contribution in [0.4, 0.5) is 0 Å². The van der Waals surface area contributed by atoms with E-state index in [0.29, 0.717) is 6.61 Å². The second-order valence-electron chi connectivity index (χ2n) is 14.2. The van der Waals surface area contributed by atoms with Crippen LogP contribution in [0.5, 0.6) is 5.75 Å². The average molecular weight is 723 g/mol. The summed E-state index contributed by atoms with van der Waals surface area (Å²) in [6.07, 6.45) is 0. The van der Waals surface area contributed by atoms with E-state index in [1.54, 1.807) is 0 Å². The zero-order valence-electron chi connectivity index (χ0n) is 29.9. The van der Waals surface area contributed by atoms with E-state index in [-0.39, 0.29) is 0 Å². The van der Waals surface area contributed by atoms with Crippen molar-refractivity contribution in [3.05, 3.63) is 200 Å². The molecule has 0 spiro atoms. The molecular weight excluding hydrogens is 689 g/mol. The van der Waals surface area contributed by atoms with Crippen molar-refractivity contribution in [1.29, 1.82) is 0 Å². The Labute approximate surface area is 319 Å². The summed E-state index contributed by atoms with van der Waals surface area (Å²) in [6.45, 7) is 0.448. The van der Waals surface area contributed by atoms with Gasteiger partial charge in [0.25, 0.3) is 0 Å². The summed E-state index contributed by atoms with van der Waals surface area (Å²) in [4.78, 5) is 5.07. The van der Waals surface area contributed by atoms with Gasteiger partial charge in [-0.1, -0.05) is 158 Å². The predicted octanol–water partition coefficient (Wildman–Crippen LogP) is 9.53. The number of benzene rings is 8. The molecule has 0 saturated carbocycles. The minimum Gasteiger partial charge on any atom is -0.483 e. The van der Waals surface area contributed by atoms with E-state index < -0.39 is 8.07 Å². The second kappa shape index (κ2) is 12.6. The number of aromatic nitrogens is 2. The van der Waals surface area contributed by atoms with Crippen LogP contribution < -0.4 is 25.5 Å². The highest BCUT2D eigenvalue weighted by atomic mass is 28.3. The molecule has 5 heteroatoms. The summed E-state index contributed by atoms with van der Waals surface area (Å²) < 4.78 is 14.6. The smallest absolute Gasteiger partial charge is 0.179 e. The molecule has 0 amide bonds. The fourth-order valence-electron chi connectivity index (χ4n) is 8.83. The van der Waals surface area contributed by atoms with Crippen LogP contribution >= 0.6 is 0 Å². The Morgan fingerprint density at radius 1 is 0.491 bits per heavy atom. The summed E-state index contributed by atoms with van der Waals surface area (Å²) in [5.41, 5.74) is 9.52. The molecule has 8 aromatic carbocycles. The lowest BCUT2D eigenvalue weighted by Gasteiger charge is -2.35. The lowest BCUT2D eigenvalue weighted by atomic mass is 9.99. The van der Waals surface area contributed by atoms with E-state index in [0.717, 1.165) is 61.4 Å². The van der Waals surface area contributed by atoms with Crippen molar-refractivity contribution < 1.29 is 9.15 Å². The minimum atomic E-state index is -2.89. The largest absolute Gasteiger partial charge is 0.483 e. The third-order valence-electron chi connectivity index (χ3n) is 11.2. The molecule has 55 heavy (non-hydrogen) atoms. The van der Waals surface area contributed by atoms with Crippen LogP contribution in [0.25, 0.3) is 60.9 Å². The van der Waals surface area contributed by atoms with Crippen molar-refractivity contribution >= 4 is 61.8 Å². The van der Waals surface area contributed by atoms with E-state index in [2.05, 4.69) is 174 Å². The highest BCUT2D eigenvalue weighted by Gasteiger charge is 2.41. The first-order chi connectivity index (χ1) is 27.3. The van der Waals surface area contributed by atoms with Crippen LogP contribution in [0.3, 0.4) is 0 Å². The van der Waals surface area contributed by atoms with Gasteiger partial charge in [0, 0.05) is 10.8 Å². The maximum Gasteiger partial charge on any atom is 0.179 e. The number of furan rings is 1. The molecule has 0 unspecified atom stereocenters. The Balaban J connectivity index is 1.12. The molecule has 3 heterocycles. The first kappa shape index (κ1) is 31.6. The van der Waals surface area contributed by atoms with Gasteiger partial charge in [-0.2, -0.15) is 0 Å². The van der Waals surface area contributed by atoms with Crippen LogP contribution in [-0.2, 0) is 6.61 Å². The molecule has 1 aliphatic rings. The van der Waals surface area contributed by atoms with Crippen LogP contribution in [0, 0.1) is 0 Å². The van der Waals surface area contributed by atoms with Gasteiger partial charge in [-0.15, -0.1) is 0 Å². The quantitative estimate of drug-likeness (QED) is 0.127. The van der Waals surface area contributed by atoms with Crippen molar-refractivity contribution in [2.75, 3.05) is 0 Å². The number of nitrogens with zero attached hydrogens (tertiary/aromatic N) is 2. The number of fused-ring (bicyclic) bond motifs is 8. The van der Waals surface area contributed by atoms with Crippen LogP contribution in [0.1, 0.15) is 5.82 Å². The summed E-state index contributed by atoms with van der Waals surface area (Å²) in [5.74, 6) is 1.80. The van der Waals surface area contributed by atoms with Gasteiger partial charge in [0.15, 0.2) is 13.9 Å². The van der Waals surface area contributed by atoms with Crippen LogP contribution in [0.15, 0.2) is 199 Å². The first-order valence-electron chi connectivity index (χ1n) is 18.7. The molecular formula is C50H34N2O2Si. The van der Waals surface area contributed by atoms with Gasteiger partial charge in [0.2, 0.25) is 0 Å². The van der Waals surface area contributed by atoms with Crippen molar-refractivity contribution in [3.63, 3.8) is 0 Å². The molecule has 0 aliphatic carbocycles. The molecule has 0 atom stereocenters. The maximum atomic E-state index is 6.34. The molecule has 10 aromatic rings. The average Bonchev–Trinajstić information content (AvgIpc) is 3.84. The molecule has 1 aliphatic heterocycles. The van der Waals surface area contributed by atoms with Gasteiger partial charge in [0.1, 0.15) is 23.5 Å². The van der Waals surface area contributed by atoms with Gasteiger partial charge in [-0.25, -0.2) is 4.98 Å². The Kier molecular flexibility index (Phi) is 7.22. The van der Waals surface area contributed by atoms with E-state index in [1.165, 1.54) is 31.9 Å². The van der Waals surface area contributed by atoms with E-state index in [4.69, 9.17) is 14.1 Å². The molecule has 4 nitrogen and oxygen atoms in total. The number of imidazole rings is 1. The molecule has 0 bridgehead atoms. The second-order valence-corrected chi connectivity index (χ2v) is 18.1. The Morgan fingerprint density at radius 2 is 1.11 bits per heavy atom. The van der Waals surface area contributed by atoms with E-state index >= 15 is 0 Å². The van der Waals surface area contributed by atoms with E-state index in [1.807, 2.05) is 24.3 Å². The maximum absolute atomic E-state index is 6.34. The van der Waals surface area contributed by atoms with E-state index in [9.17, 15) is 0 Å². The number of rotatable bonds is 6. The Hall–Kier alpha value is -6.95. The molecule has 0 N–H and O–H groups in total. The normalized spacial score (nSPS) is 12.4. The number of hydrogen-bond donors (Lipinski definition) is 0. The summed E-state index contributed by atoms with van der Waals surface area (Å²) in [6, 6.07) is 70.4. The number of para-hydroxylation sites is 3. The van der Waals surface area contributed by atoms with Crippen molar-refractivity contribution in [3.8, 4) is 33.7 Å². The zero-order valence-corrected chi connectivity index (χ0v) is 30.9. The van der Waals surface area contributed by atoms with Gasteiger partial charge in [0.05, 0.1) is 16.7 Å². The lowest BCUT2D eigenvalue weighted by molar-refractivity contribution is 0.280. The van der Waals surface area contributed by atoms with Gasteiger partial charge >= 0.3 is 0 Å². The fourth-order valence-corrected chi connectivity index (χ4v) is 13.6. The van der Waals surface area contributed by atoms with Crippen LogP contribution in [-0.4, -0.2) is 17.6 Å². The SMILES string of the molecule is c1ccc([Si](c2ccccc2)(c2cccc(-c3ccc4c(c3)nc3n4-c4ccccc4OC3)c2)c2cccc(-c3cccc4oc5ccccc5c34)c2)cc1. The topological polar surface area (TPSA) is 40.2 Å². The van der Waals surface area contributed by atoms with Gasteiger partial charge in [-0.05, 0) is 79.4 Å². The van der Waals surface area contributed by atoms with Gasteiger partial charge < -0.3 is 9.15 Å². The third-order valence-corrected chi connectivity index (χ3v) is 16.0. The molecule has 0 radical (unpaired) electrons. The minimum absolute atomic E-state index is 0.448. The monoisotopic (exact) mass is 722 g/mol. The summed E-state index contributed by atoms with van der Waals surface area (Å²) >= 11 is 0. The van der Waals surface area contributed by atoms with Crippen LogP contribution in [0.2, 0.25) is 0 Å². The third kappa shape index (κ3) is 4.94. The summed E-state index contributed by atoms with van der Waals surface area (Å²) in [7, 11) is -2.89. The van der Waals surface area contributed by atoms with Crippen molar-refractivity contribution in [2.24, 2.45) is 0 Å². The fraction of sp³-hybridized carbons (Fsp3) is 0.0200. The number of ether oxygens (including phenoxy) is 1. The molecule has 260 valence electrons. The first-order valence-corrected chi connectivity index (χ1v) is 20.7. The Morgan fingerprint density at radius 3 is 1.91 bits per heavy atom. The van der Waals surface area contributed by atoms with Crippen molar-refractivity contribution in [2.45, 2.75) is 6.61 Å². The van der Waals surface area contributed by atoms with Gasteiger partial charge in [-0.3, -0.25) is 4.57 Å². The van der Waals surface area contributed by atoms with Crippen molar-refractivity contribution in [1.82, 2.24) is 9.55 Å². The number of hydrogen-bond acceptors (Lipinski definition) is 3. The standard InChI is InChI=1S/C50H34N2O2Si/c1-3-16-37(17-4-1)55(38-18-5-2-6-19-38,40-21-12-15-36(31-40)41-23-13-27-48-50(41)42-22-7-9-25-46(42)54-48)39-20-11-14-34(30-39)35-28-29-44-43(32-35)51-49-33-53-47-26-10-8-24-45(47)52(44)49/h1-32H,33H2. The highest BCUT2D eigenvalue weighted by molar-refractivity contribution is 7.20. The lowest BCUT2D eigenvalue weighted by Crippen LogP contribution is -2.74. The molecule has 0 saturated heterocycles.